The largest absolute Gasteiger partial charge is 1.00 e. The summed E-state index contributed by atoms with van der Waals surface area (Å²) in [7, 11) is 0. The maximum Gasteiger partial charge on any atom is 1.00 e. The maximum absolute atomic E-state index is 8.23. The summed E-state index contributed by atoms with van der Waals surface area (Å²) in [5, 5.41) is 12.2. The number of aliphatic hydroxyl groups is 1. The van der Waals surface area contributed by atoms with Crippen molar-refractivity contribution in [3.05, 3.63) is 5.32 Å². The fraction of sp³-hybridized carbons (Fsp3) is 1.00. The van der Waals surface area contributed by atoms with Gasteiger partial charge in [-0.3, -0.25) is 0 Å². The molecule has 0 unspecified atom stereocenters. The summed E-state index contributed by atoms with van der Waals surface area (Å²) in [4.78, 5) is 0. The minimum Gasteiger partial charge on any atom is -0.662 e. The zero-order chi connectivity index (χ0) is 5.54. The Hall–Kier alpha value is 1.56. The van der Waals surface area contributed by atoms with Gasteiger partial charge in [0.1, 0.15) is 0 Å². The van der Waals surface area contributed by atoms with Gasteiger partial charge in [-0.05, 0) is 6.42 Å². The third-order valence-corrected chi connectivity index (χ3v) is 0.698. The number of nitrogens with zero attached hydrogens (tertiary/aromatic N) is 1. The van der Waals surface area contributed by atoms with Crippen molar-refractivity contribution in [2.45, 2.75) is 13.3 Å². The van der Waals surface area contributed by atoms with Gasteiger partial charge in [-0.25, -0.2) is 0 Å². The molecule has 0 aromatic heterocycles. The Kier molecular flexibility index (Phi) is 17.4. The van der Waals surface area contributed by atoms with Crippen molar-refractivity contribution in [3.8, 4) is 0 Å². The number of hydrogen-bond donors (Lipinski definition) is 1. The molecule has 0 aliphatic rings. The number of hydrogen-bond acceptors (Lipinski definition) is 1. The third-order valence-electron chi connectivity index (χ3n) is 0.698. The van der Waals surface area contributed by atoms with Gasteiger partial charge in [0.05, 0.1) is 0 Å². The average molecular weight is 141 g/mol. The molecule has 0 aromatic rings. The third kappa shape index (κ3) is 10.5. The van der Waals surface area contributed by atoms with Crippen LogP contribution in [-0.2, 0) is 0 Å². The van der Waals surface area contributed by atoms with Crippen molar-refractivity contribution in [3.63, 3.8) is 0 Å². The van der Waals surface area contributed by atoms with E-state index in [2.05, 4.69) is 5.32 Å². The van der Waals surface area contributed by atoms with Crippen LogP contribution in [0.5, 0.6) is 0 Å². The summed E-state index contributed by atoms with van der Waals surface area (Å²) in [5.41, 5.74) is 0. The van der Waals surface area contributed by atoms with Crippen molar-refractivity contribution in [1.82, 2.24) is 0 Å². The van der Waals surface area contributed by atoms with Crippen LogP contribution in [0.1, 0.15) is 13.3 Å². The second-order valence-corrected chi connectivity index (χ2v) is 1.34. The van der Waals surface area contributed by atoms with E-state index in [9.17, 15) is 0 Å². The molecule has 1 N–H and O–H groups in total. The zero-order valence-electron chi connectivity index (χ0n) is 5.72. The first-order valence-corrected chi connectivity index (χ1v) is 2.66. The molecule has 0 saturated carbocycles. The molecular formula is C5H12KNO. The molecule has 0 radical (unpaired) electrons. The monoisotopic (exact) mass is 141 g/mol. The predicted molar refractivity (Wildman–Crippen MR) is 30.5 cm³/mol. The van der Waals surface area contributed by atoms with Crippen molar-refractivity contribution in [2.24, 2.45) is 0 Å². The standard InChI is InChI=1S/C5H12NO.K/c1-2-6-4-3-5-7;/h7H,2-5H2,1H3;/q-1;+1. The van der Waals surface area contributed by atoms with E-state index in [1.807, 2.05) is 6.92 Å². The van der Waals surface area contributed by atoms with Gasteiger partial charge < -0.3 is 10.4 Å². The fourth-order valence-electron chi connectivity index (χ4n) is 0.341. The molecule has 8 heavy (non-hydrogen) atoms. The molecule has 0 spiro atoms. The Morgan fingerprint density at radius 1 is 1.50 bits per heavy atom. The van der Waals surface area contributed by atoms with Crippen LogP contribution in [0.3, 0.4) is 0 Å². The molecule has 2 nitrogen and oxygen atoms in total. The van der Waals surface area contributed by atoms with Crippen LogP contribution >= 0.6 is 0 Å². The zero-order valence-corrected chi connectivity index (χ0v) is 8.85. The van der Waals surface area contributed by atoms with Gasteiger partial charge in [0.2, 0.25) is 0 Å². The molecule has 3 heteroatoms. The van der Waals surface area contributed by atoms with Crippen LogP contribution < -0.4 is 51.4 Å². The number of rotatable bonds is 4. The molecule has 0 atom stereocenters. The summed E-state index contributed by atoms with van der Waals surface area (Å²) in [6, 6.07) is 0. The Morgan fingerprint density at radius 3 is 2.50 bits per heavy atom. The second kappa shape index (κ2) is 11.4. The van der Waals surface area contributed by atoms with Gasteiger partial charge in [-0.15, -0.1) is 6.54 Å². The molecular weight excluding hydrogens is 129 g/mol. The molecule has 0 rings (SSSR count). The van der Waals surface area contributed by atoms with Gasteiger partial charge >= 0.3 is 51.4 Å². The van der Waals surface area contributed by atoms with E-state index in [1.54, 1.807) is 0 Å². The van der Waals surface area contributed by atoms with Crippen LogP contribution in [0.25, 0.3) is 5.32 Å². The van der Waals surface area contributed by atoms with E-state index < -0.39 is 0 Å². The second-order valence-electron chi connectivity index (χ2n) is 1.34. The molecule has 44 valence electrons. The summed E-state index contributed by atoms with van der Waals surface area (Å²) >= 11 is 0. The van der Waals surface area contributed by atoms with E-state index in [0.717, 1.165) is 19.5 Å². The van der Waals surface area contributed by atoms with Gasteiger partial charge in [0.25, 0.3) is 0 Å². The minimum atomic E-state index is 0. The molecule has 0 amide bonds. The normalized spacial score (nSPS) is 8.25. The van der Waals surface area contributed by atoms with Crippen LogP contribution in [0, 0.1) is 0 Å². The predicted octanol–water partition coefficient (Wildman–Crippen LogP) is -2.23. The molecule has 0 aliphatic carbocycles. The number of aliphatic hydroxyl groups excluding tert-OH is 1. The van der Waals surface area contributed by atoms with Crippen LogP contribution in [0.15, 0.2) is 0 Å². The summed E-state index contributed by atoms with van der Waals surface area (Å²) in [6.07, 6.45) is 0.813. The van der Waals surface area contributed by atoms with Crippen molar-refractivity contribution >= 4 is 0 Å². The van der Waals surface area contributed by atoms with E-state index >= 15 is 0 Å². The summed E-state index contributed by atoms with van der Waals surface area (Å²) in [6.45, 7) is 3.95. The molecule has 0 bridgehead atoms. The first-order valence-electron chi connectivity index (χ1n) is 2.66. The maximum atomic E-state index is 8.23. The molecule has 0 heterocycles. The van der Waals surface area contributed by atoms with Crippen LogP contribution in [0.4, 0.5) is 0 Å². The van der Waals surface area contributed by atoms with Gasteiger partial charge in [-0.2, -0.15) is 6.54 Å². The first-order chi connectivity index (χ1) is 3.41. The van der Waals surface area contributed by atoms with E-state index in [1.165, 1.54) is 0 Å². The van der Waals surface area contributed by atoms with Crippen molar-refractivity contribution in [1.29, 1.82) is 0 Å². The van der Waals surface area contributed by atoms with Crippen molar-refractivity contribution < 1.29 is 56.5 Å². The first kappa shape index (κ1) is 12.3. The average Bonchev–Trinajstić information content (AvgIpc) is 1.69. The Bertz CT molecular complexity index is 31.6. The van der Waals surface area contributed by atoms with Crippen LogP contribution in [0.2, 0.25) is 0 Å². The summed E-state index contributed by atoms with van der Waals surface area (Å²) in [5.74, 6) is 0. The Labute approximate surface area is 93.5 Å². The quantitative estimate of drug-likeness (QED) is 0.349. The smallest absolute Gasteiger partial charge is 0.662 e. The fourth-order valence-corrected chi connectivity index (χ4v) is 0.341. The summed E-state index contributed by atoms with van der Waals surface area (Å²) < 4.78 is 0. The van der Waals surface area contributed by atoms with E-state index in [4.69, 9.17) is 5.11 Å². The topological polar surface area (TPSA) is 34.3 Å². The van der Waals surface area contributed by atoms with Crippen molar-refractivity contribution in [2.75, 3.05) is 19.7 Å². The molecule has 0 fully saturated rings. The van der Waals surface area contributed by atoms with Gasteiger partial charge in [0.15, 0.2) is 0 Å². The molecule has 0 aliphatic heterocycles. The van der Waals surface area contributed by atoms with Gasteiger partial charge in [-0.1, -0.05) is 6.92 Å². The minimum absolute atomic E-state index is 0. The molecule has 0 aromatic carbocycles. The Morgan fingerprint density at radius 2 is 2.12 bits per heavy atom. The Balaban J connectivity index is 0. The van der Waals surface area contributed by atoms with Gasteiger partial charge in [0, 0.05) is 6.61 Å². The van der Waals surface area contributed by atoms with E-state index in [-0.39, 0.29) is 58.0 Å². The van der Waals surface area contributed by atoms with E-state index in [0.29, 0.717) is 0 Å². The SMILES string of the molecule is CC[N-]CCCO.[K+]. The van der Waals surface area contributed by atoms with Crippen LogP contribution in [-0.4, -0.2) is 24.8 Å². The molecule has 0 saturated heterocycles.